The molecule has 0 aromatic heterocycles. The summed E-state index contributed by atoms with van der Waals surface area (Å²) in [4.78, 5) is 8.25. The molecule has 0 heterocycles. The molecular formula is C13H23N3O. The van der Waals surface area contributed by atoms with Gasteiger partial charge < -0.3 is 10.5 Å². The summed E-state index contributed by atoms with van der Waals surface area (Å²) in [5.74, 6) is 0.560. The Kier molecular flexibility index (Phi) is 8.96. The van der Waals surface area contributed by atoms with E-state index >= 15 is 0 Å². The minimum Gasteiger partial charge on any atom is -0.399 e. The largest absolute Gasteiger partial charge is 0.399 e. The second-order valence-electron chi connectivity index (χ2n) is 3.62. The smallest absolute Gasteiger partial charge is 0.148 e. The highest BCUT2D eigenvalue weighted by atomic mass is 16.5. The first kappa shape index (κ1) is 15.6. The second-order valence-corrected chi connectivity index (χ2v) is 3.62. The van der Waals surface area contributed by atoms with Crippen LogP contribution in [-0.2, 0) is 4.74 Å². The van der Waals surface area contributed by atoms with E-state index in [9.17, 15) is 0 Å². The third kappa shape index (κ3) is 8.39. The zero-order chi connectivity index (χ0) is 13.1. The molecule has 0 spiro atoms. The Balaban J connectivity index is 4.43. The minimum absolute atomic E-state index is 0.150. The molecule has 0 saturated heterocycles. The van der Waals surface area contributed by atoms with Crippen LogP contribution in [0.3, 0.4) is 0 Å². The maximum Gasteiger partial charge on any atom is 0.148 e. The summed E-state index contributed by atoms with van der Waals surface area (Å²) in [5, 5.41) is 0. The first-order valence-corrected chi connectivity index (χ1v) is 5.86. The van der Waals surface area contributed by atoms with E-state index in [4.69, 9.17) is 10.5 Å². The summed E-state index contributed by atoms with van der Waals surface area (Å²) in [6.07, 6.45) is 6.24. The molecule has 0 radical (unpaired) electrons. The van der Waals surface area contributed by atoms with E-state index in [-0.39, 0.29) is 6.04 Å². The summed E-state index contributed by atoms with van der Waals surface area (Å²) < 4.78 is 5.27. The van der Waals surface area contributed by atoms with Gasteiger partial charge in [0.25, 0.3) is 0 Å². The first-order valence-electron chi connectivity index (χ1n) is 5.86. The van der Waals surface area contributed by atoms with E-state index in [1.807, 2.05) is 26.8 Å². The highest BCUT2D eigenvalue weighted by Crippen LogP contribution is 2.01. The number of nitrogens with zero attached hydrogens (tertiary/aromatic N) is 2. The fourth-order valence-corrected chi connectivity index (χ4v) is 1.20. The highest BCUT2D eigenvalue weighted by Gasteiger charge is 2.00. The first-order chi connectivity index (χ1) is 8.13. The fourth-order valence-electron chi connectivity index (χ4n) is 1.20. The molecule has 0 aliphatic heterocycles. The van der Waals surface area contributed by atoms with Gasteiger partial charge in [-0.3, -0.25) is 4.99 Å². The van der Waals surface area contributed by atoms with Crippen molar-refractivity contribution in [1.82, 2.24) is 0 Å². The molecule has 4 nitrogen and oxygen atoms in total. The number of hydrogen-bond donors (Lipinski definition) is 1. The van der Waals surface area contributed by atoms with Crippen LogP contribution in [0.4, 0.5) is 0 Å². The SMILES string of the molecule is C=NC(C=C(N)/C=C\C)=NC(C)CCOCC. The zero-order valence-electron chi connectivity index (χ0n) is 11.0. The van der Waals surface area contributed by atoms with Crippen molar-refractivity contribution in [3.05, 3.63) is 23.9 Å². The van der Waals surface area contributed by atoms with Crippen LogP contribution >= 0.6 is 0 Å². The average molecular weight is 237 g/mol. The lowest BCUT2D eigenvalue weighted by Gasteiger charge is -2.06. The lowest BCUT2D eigenvalue weighted by molar-refractivity contribution is 0.141. The molecule has 4 heteroatoms. The Bertz CT molecular complexity index is 306. The molecule has 1 atom stereocenters. The maximum atomic E-state index is 5.74. The lowest BCUT2D eigenvalue weighted by atomic mass is 10.2. The maximum absolute atomic E-state index is 5.74. The van der Waals surface area contributed by atoms with E-state index in [0.717, 1.165) is 13.0 Å². The number of allylic oxidation sites excluding steroid dienone is 2. The second kappa shape index (κ2) is 9.78. The van der Waals surface area contributed by atoms with Crippen molar-refractivity contribution < 1.29 is 4.74 Å². The lowest BCUT2D eigenvalue weighted by Crippen LogP contribution is -2.08. The average Bonchev–Trinajstić information content (AvgIpc) is 2.28. The molecular weight excluding hydrogens is 214 g/mol. The van der Waals surface area contributed by atoms with Crippen LogP contribution in [0.5, 0.6) is 0 Å². The van der Waals surface area contributed by atoms with E-state index in [2.05, 4.69) is 16.7 Å². The van der Waals surface area contributed by atoms with Gasteiger partial charge in [-0.2, -0.15) is 0 Å². The van der Waals surface area contributed by atoms with Crippen LogP contribution in [0.1, 0.15) is 27.2 Å². The van der Waals surface area contributed by atoms with Crippen LogP contribution in [0, 0.1) is 0 Å². The van der Waals surface area contributed by atoms with Crippen LogP contribution in [0.2, 0.25) is 0 Å². The summed E-state index contributed by atoms with van der Waals surface area (Å²) in [7, 11) is 0. The van der Waals surface area contributed by atoms with E-state index in [0.29, 0.717) is 18.1 Å². The molecule has 96 valence electrons. The molecule has 0 bridgehead atoms. The standard InChI is InChI=1S/C13H23N3O/c1-5-7-12(14)10-13(15-4)16-11(3)8-9-17-6-2/h5,7,10-11H,4,6,8-9,14H2,1-3H3/b7-5-,12-10?,16-13?. The van der Waals surface area contributed by atoms with Gasteiger partial charge in [0.15, 0.2) is 0 Å². The predicted molar refractivity (Wildman–Crippen MR) is 74.6 cm³/mol. The summed E-state index contributed by atoms with van der Waals surface area (Å²) >= 11 is 0. The summed E-state index contributed by atoms with van der Waals surface area (Å²) in [6, 6.07) is 0.150. The Morgan fingerprint density at radius 3 is 2.76 bits per heavy atom. The molecule has 0 amide bonds. The molecule has 0 fully saturated rings. The molecule has 0 aliphatic carbocycles. The van der Waals surface area contributed by atoms with E-state index < -0.39 is 0 Å². The zero-order valence-corrected chi connectivity index (χ0v) is 11.0. The van der Waals surface area contributed by atoms with Crippen LogP contribution in [-0.4, -0.2) is 31.8 Å². The Hall–Kier alpha value is -1.42. The van der Waals surface area contributed by atoms with Crippen molar-refractivity contribution in [2.75, 3.05) is 13.2 Å². The van der Waals surface area contributed by atoms with Gasteiger partial charge in [0.05, 0.1) is 6.04 Å². The Morgan fingerprint density at radius 2 is 2.24 bits per heavy atom. The number of amidine groups is 1. The molecule has 0 aliphatic rings. The van der Waals surface area contributed by atoms with Gasteiger partial charge in [-0.05, 0) is 40.0 Å². The van der Waals surface area contributed by atoms with Crippen molar-refractivity contribution in [2.45, 2.75) is 33.2 Å². The predicted octanol–water partition coefficient (Wildman–Crippen LogP) is 2.32. The number of hydrogen-bond acceptors (Lipinski definition) is 3. The molecule has 0 rings (SSSR count). The topological polar surface area (TPSA) is 60.0 Å². The van der Waals surface area contributed by atoms with Gasteiger partial charge in [0.2, 0.25) is 0 Å². The van der Waals surface area contributed by atoms with Crippen molar-refractivity contribution >= 4 is 12.6 Å². The highest BCUT2D eigenvalue weighted by molar-refractivity contribution is 5.96. The number of aliphatic imine (C=N–C) groups is 2. The van der Waals surface area contributed by atoms with Crippen LogP contribution in [0.15, 0.2) is 33.9 Å². The Morgan fingerprint density at radius 1 is 1.53 bits per heavy atom. The third-order valence-corrected chi connectivity index (χ3v) is 2.05. The quantitative estimate of drug-likeness (QED) is 0.320. The number of ether oxygens (including phenoxy) is 1. The fraction of sp³-hybridized carbons (Fsp3) is 0.538. The van der Waals surface area contributed by atoms with Gasteiger partial charge in [0.1, 0.15) is 5.84 Å². The summed E-state index contributed by atoms with van der Waals surface area (Å²) in [5.41, 5.74) is 6.36. The summed E-state index contributed by atoms with van der Waals surface area (Å²) in [6.45, 7) is 10.8. The molecule has 0 aromatic rings. The van der Waals surface area contributed by atoms with Crippen molar-refractivity contribution in [1.29, 1.82) is 0 Å². The number of nitrogens with two attached hydrogens (primary N) is 1. The normalized spacial score (nSPS) is 15.2. The Labute approximate surface area is 104 Å². The van der Waals surface area contributed by atoms with Gasteiger partial charge in [-0.15, -0.1) is 0 Å². The van der Waals surface area contributed by atoms with Crippen LogP contribution < -0.4 is 5.73 Å². The van der Waals surface area contributed by atoms with Gasteiger partial charge >= 0.3 is 0 Å². The van der Waals surface area contributed by atoms with Gasteiger partial charge in [-0.1, -0.05) is 6.08 Å². The van der Waals surface area contributed by atoms with Gasteiger partial charge in [-0.25, -0.2) is 4.99 Å². The van der Waals surface area contributed by atoms with Crippen LogP contribution in [0.25, 0.3) is 0 Å². The molecule has 0 saturated carbocycles. The monoisotopic (exact) mass is 237 g/mol. The molecule has 1 unspecified atom stereocenters. The minimum atomic E-state index is 0.150. The van der Waals surface area contributed by atoms with Gasteiger partial charge in [0, 0.05) is 25.0 Å². The molecule has 17 heavy (non-hydrogen) atoms. The van der Waals surface area contributed by atoms with Crippen molar-refractivity contribution in [3.8, 4) is 0 Å². The molecule has 0 aromatic carbocycles. The third-order valence-electron chi connectivity index (χ3n) is 2.05. The van der Waals surface area contributed by atoms with E-state index in [1.165, 1.54) is 0 Å². The van der Waals surface area contributed by atoms with E-state index in [1.54, 1.807) is 12.2 Å². The van der Waals surface area contributed by atoms with Crippen molar-refractivity contribution in [2.24, 2.45) is 15.7 Å². The van der Waals surface area contributed by atoms with Crippen molar-refractivity contribution in [3.63, 3.8) is 0 Å². The molecule has 2 N–H and O–H groups in total. The number of rotatable bonds is 7.